The fraction of sp³-hybridized carbons (Fsp3) is 0.500. The van der Waals surface area contributed by atoms with Gasteiger partial charge in [0.05, 0.1) is 6.61 Å². The van der Waals surface area contributed by atoms with Gasteiger partial charge in [-0.3, -0.25) is 0 Å². The standard InChI is InChI=1S/C12H16BrClO/c1-10-5-6-11(14)9-12(10)15-8-4-2-3-7-13/h5-6,9H,2-4,7-8H2,1H3. The molecule has 15 heavy (non-hydrogen) atoms. The number of rotatable bonds is 6. The molecule has 0 unspecified atom stereocenters. The molecule has 0 fully saturated rings. The summed E-state index contributed by atoms with van der Waals surface area (Å²) in [5.41, 5.74) is 1.14. The summed E-state index contributed by atoms with van der Waals surface area (Å²) in [6, 6.07) is 5.74. The van der Waals surface area contributed by atoms with Gasteiger partial charge in [0.2, 0.25) is 0 Å². The predicted octanol–water partition coefficient (Wildman–Crippen LogP) is 4.59. The average Bonchev–Trinajstić information content (AvgIpc) is 2.23. The Kier molecular flexibility index (Phi) is 6.11. The topological polar surface area (TPSA) is 9.23 Å². The van der Waals surface area contributed by atoms with E-state index in [1.54, 1.807) is 0 Å². The first-order valence-electron chi connectivity index (χ1n) is 5.19. The van der Waals surface area contributed by atoms with Crippen molar-refractivity contribution in [3.63, 3.8) is 0 Å². The van der Waals surface area contributed by atoms with Crippen LogP contribution in [0.3, 0.4) is 0 Å². The van der Waals surface area contributed by atoms with E-state index in [4.69, 9.17) is 16.3 Å². The smallest absolute Gasteiger partial charge is 0.123 e. The molecule has 0 aliphatic carbocycles. The molecule has 1 aromatic carbocycles. The van der Waals surface area contributed by atoms with Crippen molar-refractivity contribution in [2.24, 2.45) is 0 Å². The molecule has 0 spiro atoms. The lowest BCUT2D eigenvalue weighted by atomic mass is 10.2. The lowest BCUT2D eigenvalue weighted by Gasteiger charge is -2.08. The molecule has 84 valence electrons. The Balaban J connectivity index is 2.33. The van der Waals surface area contributed by atoms with Gasteiger partial charge in [0, 0.05) is 10.4 Å². The van der Waals surface area contributed by atoms with E-state index in [0.29, 0.717) is 0 Å². The molecule has 3 heteroatoms. The molecule has 0 radical (unpaired) electrons. The predicted molar refractivity (Wildman–Crippen MR) is 69.3 cm³/mol. The monoisotopic (exact) mass is 290 g/mol. The van der Waals surface area contributed by atoms with Crippen LogP contribution in [0.15, 0.2) is 18.2 Å². The maximum Gasteiger partial charge on any atom is 0.123 e. The quantitative estimate of drug-likeness (QED) is 0.550. The fourth-order valence-corrected chi connectivity index (χ4v) is 1.84. The summed E-state index contributed by atoms with van der Waals surface area (Å²) in [4.78, 5) is 0. The number of halogens is 2. The largest absolute Gasteiger partial charge is 0.493 e. The number of hydrogen-bond donors (Lipinski definition) is 0. The van der Waals surface area contributed by atoms with Crippen LogP contribution >= 0.6 is 27.5 Å². The van der Waals surface area contributed by atoms with Crippen molar-refractivity contribution in [1.29, 1.82) is 0 Å². The van der Waals surface area contributed by atoms with Crippen molar-refractivity contribution < 1.29 is 4.74 Å². The highest BCUT2D eigenvalue weighted by Gasteiger charge is 2.00. The van der Waals surface area contributed by atoms with Gasteiger partial charge in [-0.15, -0.1) is 0 Å². The highest BCUT2D eigenvalue weighted by Crippen LogP contribution is 2.22. The van der Waals surface area contributed by atoms with Crippen molar-refractivity contribution in [3.05, 3.63) is 28.8 Å². The number of hydrogen-bond acceptors (Lipinski definition) is 1. The Morgan fingerprint density at radius 3 is 2.80 bits per heavy atom. The van der Waals surface area contributed by atoms with Crippen molar-refractivity contribution in [2.45, 2.75) is 26.2 Å². The Morgan fingerprint density at radius 1 is 1.27 bits per heavy atom. The molecule has 1 nitrogen and oxygen atoms in total. The van der Waals surface area contributed by atoms with Gasteiger partial charge in [-0.1, -0.05) is 33.6 Å². The third-order valence-electron chi connectivity index (χ3n) is 2.19. The van der Waals surface area contributed by atoms with Gasteiger partial charge < -0.3 is 4.74 Å². The van der Waals surface area contributed by atoms with Crippen molar-refractivity contribution in [1.82, 2.24) is 0 Å². The minimum atomic E-state index is 0.732. The zero-order valence-electron chi connectivity index (χ0n) is 8.93. The van der Waals surface area contributed by atoms with Crippen LogP contribution in [0.2, 0.25) is 5.02 Å². The number of benzene rings is 1. The van der Waals surface area contributed by atoms with E-state index in [1.807, 2.05) is 25.1 Å². The first-order chi connectivity index (χ1) is 7.24. The van der Waals surface area contributed by atoms with Crippen LogP contribution in [0, 0.1) is 6.92 Å². The van der Waals surface area contributed by atoms with E-state index in [1.165, 1.54) is 12.8 Å². The minimum absolute atomic E-state index is 0.732. The maximum atomic E-state index is 5.89. The van der Waals surface area contributed by atoms with E-state index in [2.05, 4.69) is 15.9 Å². The van der Waals surface area contributed by atoms with Crippen LogP contribution in [-0.4, -0.2) is 11.9 Å². The van der Waals surface area contributed by atoms with Crippen molar-refractivity contribution in [2.75, 3.05) is 11.9 Å². The number of ether oxygens (including phenoxy) is 1. The maximum absolute atomic E-state index is 5.89. The summed E-state index contributed by atoms with van der Waals surface area (Å²) in [5.74, 6) is 0.904. The second kappa shape index (κ2) is 7.13. The van der Waals surface area contributed by atoms with E-state index in [0.717, 1.165) is 34.7 Å². The third kappa shape index (κ3) is 4.89. The second-order valence-corrected chi connectivity index (χ2v) is 4.74. The normalized spacial score (nSPS) is 10.3. The Bertz CT molecular complexity index is 302. The lowest BCUT2D eigenvalue weighted by molar-refractivity contribution is 0.304. The molecule has 0 aromatic heterocycles. The van der Waals surface area contributed by atoms with Gasteiger partial charge in [-0.2, -0.15) is 0 Å². The molecule has 0 aliphatic rings. The molecule has 1 aromatic rings. The van der Waals surface area contributed by atoms with Crippen LogP contribution in [-0.2, 0) is 0 Å². The fourth-order valence-electron chi connectivity index (χ4n) is 1.28. The number of aryl methyl sites for hydroxylation is 1. The average molecular weight is 292 g/mol. The molecular weight excluding hydrogens is 275 g/mol. The summed E-state index contributed by atoms with van der Waals surface area (Å²) < 4.78 is 5.66. The minimum Gasteiger partial charge on any atom is -0.493 e. The molecule has 0 N–H and O–H groups in total. The first-order valence-corrected chi connectivity index (χ1v) is 6.69. The molecule has 0 aliphatic heterocycles. The Morgan fingerprint density at radius 2 is 2.07 bits per heavy atom. The molecular formula is C12H16BrClO. The summed E-state index contributed by atoms with van der Waals surface area (Å²) in [6.45, 7) is 2.80. The molecule has 0 bridgehead atoms. The van der Waals surface area contributed by atoms with E-state index in [9.17, 15) is 0 Å². The third-order valence-corrected chi connectivity index (χ3v) is 2.98. The summed E-state index contributed by atoms with van der Waals surface area (Å²) in [5, 5.41) is 1.81. The van der Waals surface area contributed by atoms with Gasteiger partial charge in [0.15, 0.2) is 0 Å². The van der Waals surface area contributed by atoms with Crippen LogP contribution < -0.4 is 4.74 Å². The van der Waals surface area contributed by atoms with E-state index < -0.39 is 0 Å². The summed E-state index contributed by atoms with van der Waals surface area (Å²) >= 11 is 9.30. The van der Waals surface area contributed by atoms with Crippen LogP contribution in [0.4, 0.5) is 0 Å². The van der Waals surface area contributed by atoms with Gasteiger partial charge in [0.25, 0.3) is 0 Å². The summed E-state index contributed by atoms with van der Waals surface area (Å²) in [6.07, 6.45) is 3.50. The number of alkyl halides is 1. The Hall–Kier alpha value is -0.210. The lowest BCUT2D eigenvalue weighted by Crippen LogP contribution is -1.98. The molecule has 1 rings (SSSR count). The van der Waals surface area contributed by atoms with Gasteiger partial charge in [-0.25, -0.2) is 0 Å². The molecule has 0 amide bonds. The molecule has 0 atom stereocenters. The zero-order valence-corrected chi connectivity index (χ0v) is 11.3. The number of unbranched alkanes of at least 4 members (excludes halogenated alkanes) is 2. The van der Waals surface area contributed by atoms with Gasteiger partial charge in [0.1, 0.15) is 5.75 Å². The second-order valence-electron chi connectivity index (χ2n) is 3.51. The Labute approximate surface area is 105 Å². The zero-order chi connectivity index (χ0) is 11.1. The van der Waals surface area contributed by atoms with Crippen molar-refractivity contribution >= 4 is 27.5 Å². The van der Waals surface area contributed by atoms with Gasteiger partial charge in [-0.05, 0) is 43.9 Å². The van der Waals surface area contributed by atoms with Crippen LogP contribution in [0.5, 0.6) is 5.75 Å². The van der Waals surface area contributed by atoms with Crippen LogP contribution in [0.25, 0.3) is 0 Å². The molecule has 0 saturated carbocycles. The highest BCUT2D eigenvalue weighted by molar-refractivity contribution is 9.09. The van der Waals surface area contributed by atoms with E-state index in [-0.39, 0.29) is 0 Å². The summed E-state index contributed by atoms with van der Waals surface area (Å²) in [7, 11) is 0. The highest BCUT2D eigenvalue weighted by atomic mass is 79.9. The van der Waals surface area contributed by atoms with E-state index >= 15 is 0 Å². The van der Waals surface area contributed by atoms with Crippen molar-refractivity contribution in [3.8, 4) is 5.75 Å². The van der Waals surface area contributed by atoms with Crippen LogP contribution in [0.1, 0.15) is 24.8 Å². The molecule has 0 saturated heterocycles. The first kappa shape index (κ1) is 12.9. The molecule has 0 heterocycles. The SMILES string of the molecule is Cc1ccc(Cl)cc1OCCCCCBr. The van der Waals surface area contributed by atoms with Gasteiger partial charge >= 0.3 is 0 Å².